The summed E-state index contributed by atoms with van der Waals surface area (Å²) in [5.41, 5.74) is 2.21. The normalized spacial score (nSPS) is 11.1. The molecule has 0 atom stereocenters. The first kappa shape index (κ1) is 17.3. The zero-order valence-electron chi connectivity index (χ0n) is 13.0. The Balaban J connectivity index is 2.29. The molecule has 2 rings (SSSR count). The minimum Gasteiger partial charge on any atom is -0.322 e. The Labute approximate surface area is 140 Å². The first-order valence-corrected chi connectivity index (χ1v) is 9.02. The lowest BCUT2D eigenvalue weighted by Crippen LogP contribution is -2.26. The molecule has 0 aliphatic heterocycles. The average Bonchev–Trinajstić information content (AvgIpc) is 2.48. The van der Waals surface area contributed by atoms with E-state index in [-0.39, 0.29) is 5.91 Å². The predicted molar refractivity (Wildman–Crippen MR) is 93.8 cm³/mol. The molecule has 0 saturated heterocycles. The summed E-state index contributed by atoms with van der Waals surface area (Å²) in [6, 6.07) is 11.7. The molecule has 7 heteroatoms. The molecule has 0 bridgehead atoms. The highest BCUT2D eigenvalue weighted by Crippen LogP contribution is 2.23. The number of benzene rings is 2. The molecule has 0 heterocycles. The van der Waals surface area contributed by atoms with Crippen LogP contribution in [-0.2, 0) is 10.0 Å². The molecule has 0 spiro atoms. The zero-order valence-corrected chi connectivity index (χ0v) is 14.6. The molecule has 0 aliphatic rings. The summed E-state index contributed by atoms with van der Waals surface area (Å²) >= 11 is 5.81. The van der Waals surface area contributed by atoms with Crippen molar-refractivity contribution >= 4 is 38.9 Å². The van der Waals surface area contributed by atoms with Crippen molar-refractivity contribution in [2.24, 2.45) is 0 Å². The summed E-state index contributed by atoms with van der Waals surface area (Å²) in [7, 11) is -1.94. The van der Waals surface area contributed by atoms with Crippen molar-refractivity contribution in [3.63, 3.8) is 0 Å². The third kappa shape index (κ3) is 4.24. The van der Waals surface area contributed by atoms with E-state index in [9.17, 15) is 13.2 Å². The van der Waals surface area contributed by atoms with Gasteiger partial charge < -0.3 is 5.32 Å². The Morgan fingerprint density at radius 3 is 2.30 bits per heavy atom. The van der Waals surface area contributed by atoms with E-state index in [1.54, 1.807) is 49.4 Å². The molecule has 2 aromatic rings. The molecule has 1 amide bonds. The van der Waals surface area contributed by atoms with Gasteiger partial charge in [-0.3, -0.25) is 9.10 Å². The molecule has 5 nitrogen and oxygen atoms in total. The number of nitrogens with one attached hydrogen (secondary N) is 1. The Kier molecular flexibility index (Phi) is 4.97. The minimum absolute atomic E-state index is 0.324. The molecular formula is C16H17ClN2O3S. The zero-order chi connectivity index (χ0) is 17.2. The van der Waals surface area contributed by atoms with Gasteiger partial charge in [0, 0.05) is 23.3 Å². The smallest absolute Gasteiger partial charge is 0.255 e. The standard InChI is InChI=1S/C16H17ClN2O3S/c1-11-4-5-12(10-15(11)19(2)23(3,21)22)16(20)18-14-8-6-13(17)7-9-14/h4-10H,1-3H3,(H,18,20). The van der Waals surface area contributed by atoms with Crippen LogP contribution in [0.5, 0.6) is 0 Å². The lowest BCUT2D eigenvalue weighted by atomic mass is 10.1. The molecule has 0 saturated carbocycles. The number of sulfonamides is 1. The maximum Gasteiger partial charge on any atom is 0.255 e. The van der Waals surface area contributed by atoms with E-state index in [1.807, 2.05) is 0 Å². The highest BCUT2D eigenvalue weighted by molar-refractivity contribution is 7.92. The van der Waals surface area contributed by atoms with Gasteiger partial charge in [-0.1, -0.05) is 17.7 Å². The fraction of sp³-hybridized carbons (Fsp3) is 0.188. The Bertz CT molecular complexity index is 833. The second-order valence-corrected chi connectivity index (χ2v) is 7.64. The topological polar surface area (TPSA) is 66.5 Å². The number of amides is 1. The van der Waals surface area contributed by atoms with Gasteiger partial charge in [-0.15, -0.1) is 0 Å². The molecule has 1 N–H and O–H groups in total. The van der Waals surface area contributed by atoms with Crippen molar-refractivity contribution in [2.75, 3.05) is 22.9 Å². The highest BCUT2D eigenvalue weighted by atomic mass is 35.5. The van der Waals surface area contributed by atoms with Crippen LogP contribution in [0.15, 0.2) is 42.5 Å². The number of nitrogens with zero attached hydrogens (tertiary/aromatic N) is 1. The summed E-state index contributed by atoms with van der Waals surface area (Å²) in [5, 5.41) is 3.32. The van der Waals surface area contributed by atoms with Crippen LogP contribution < -0.4 is 9.62 Å². The average molecular weight is 353 g/mol. The van der Waals surface area contributed by atoms with Gasteiger partial charge in [0.2, 0.25) is 10.0 Å². The van der Waals surface area contributed by atoms with Gasteiger partial charge >= 0.3 is 0 Å². The number of rotatable bonds is 4. The van der Waals surface area contributed by atoms with Crippen molar-refractivity contribution in [2.45, 2.75) is 6.92 Å². The molecule has 0 fully saturated rings. The molecule has 23 heavy (non-hydrogen) atoms. The van der Waals surface area contributed by atoms with E-state index in [1.165, 1.54) is 7.05 Å². The summed E-state index contributed by atoms with van der Waals surface area (Å²) in [5.74, 6) is -0.324. The highest BCUT2D eigenvalue weighted by Gasteiger charge is 2.16. The van der Waals surface area contributed by atoms with Crippen LogP contribution in [0.25, 0.3) is 0 Å². The maximum atomic E-state index is 12.3. The molecule has 0 radical (unpaired) electrons. The van der Waals surface area contributed by atoms with Crippen molar-refractivity contribution in [1.29, 1.82) is 0 Å². The number of aryl methyl sites for hydroxylation is 1. The van der Waals surface area contributed by atoms with Gasteiger partial charge in [-0.25, -0.2) is 8.42 Å². The third-order valence-electron chi connectivity index (χ3n) is 3.41. The van der Waals surface area contributed by atoms with Crippen LogP contribution in [-0.4, -0.2) is 27.6 Å². The minimum atomic E-state index is -3.40. The monoisotopic (exact) mass is 352 g/mol. The number of halogens is 1. The van der Waals surface area contributed by atoms with E-state index in [0.29, 0.717) is 22.0 Å². The van der Waals surface area contributed by atoms with E-state index in [4.69, 9.17) is 11.6 Å². The second kappa shape index (κ2) is 6.60. The second-order valence-electron chi connectivity index (χ2n) is 5.19. The summed E-state index contributed by atoms with van der Waals surface area (Å²) in [6.45, 7) is 1.79. The fourth-order valence-corrected chi connectivity index (χ4v) is 2.69. The van der Waals surface area contributed by atoms with Gasteiger partial charge in [-0.2, -0.15) is 0 Å². The van der Waals surface area contributed by atoms with Crippen molar-refractivity contribution in [3.05, 3.63) is 58.6 Å². The van der Waals surface area contributed by atoms with Crippen LogP contribution >= 0.6 is 11.6 Å². The van der Waals surface area contributed by atoms with E-state index in [2.05, 4.69) is 5.32 Å². The third-order valence-corrected chi connectivity index (χ3v) is 4.85. The largest absolute Gasteiger partial charge is 0.322 e. The van der Waals surface area contributed by atoms with Crippen molar-refractivity contribution in [1.82, 2.24) is 0 Å². The van der Waals surface area contributed by atoms with Gasteiger partial charge in [0.05, 0.1) is 11.9 Å². The number of hydrogen-bond donors (Lipinski definition) is 1. The van der Waals surface area contributed by atoms with Crippen molar-refractivity contribution in [3.8, 4) is 0 Å². The molecule has 122 valence electrons. The number of hydrogen-bond acceptors (Lipinski definition) is 3. The SMILES string of the molecule is Cc1ccc(C(=O)Nc2ccc(Cl)cc2)cc1N(C)S(C)(=O)=O. The first-order chi connectivity index (χ1) is 10.7. The summed E-state index contributed by atoms with van der Waals surface area (Å²) in [4.78, 5) is 12.3. The molecule has 2 aromatic carbocycles. The Morgan fingerprint density at radius 2 is 1.74 bits per heavy atom. The molecule has 0 unspecified atom stereocenters. The van der Waals surface area contributed by atoms with Crippen LogP contribution in [0.1, 0.15) is 15.9 Å². The lowest BCUT2D eigenvalue weighted by molar-refractivity contribution is 0.102. The quantitative estimate of drug-likeness (QED) is 0.918. The summed E-state index contributed by atoms with van der Waals surface area (Å²) < 4.78 is 24.6. The number of carbonyl (C=O) groups is 1. The van der Waals surface area contributed by atoms with Crippen LogP contribution in [0, 0.1) is 6.92 Å². The van der Waals surface area contributed by atoms with E-state index in [0.717, 1.165) is 16.1 Å². The molecule has 0 aromatic heterocycles. The van der Waals surface area contributed by atoms with Gasteiger partial charge in [0.15, 0.2) is 0 Å². The molecular weight excluding hydrogens is 336 g/mol. The van der Waals surface area contributed by atoms with Crippen LogP contribution in [0.3, 0.4) is 0 Å². The maximum absolute atomic E-state index is 12.3. The summed E-state index contributed by atoms with van der Waals surface area (Å²) in [6.07, 6.45) is 1.12. The van der Waals surface area contributed by atoms with Crippen LogP contribution in [0.2, 0.25) is 5.02 Å². The van der Waals surface area contributed by atoms with Gasteiger partial charge in [-0.05, 0) is 48.9 Å². The van der Waals surface area contributed by atoms with E-state index < -0.39 is 10.0 Å². The van der Waals surface area contributed by atoms with Crippen molar-refractivity contribution < 1.29 is 13.2 Å². The Hall–Kier alpha value is -2.05. The van der Waals surface area contributed by atoms with E-state index >= 15 is 0 Å². The fourth-order valence-electron chi connectivity index (χ4n) is 2.01. The van der Waals surface area contributed by atoms with Gasteiger partial charge in [0.1, 0.15) is 0 Å². The number of carbonyl (C=O) groups excluding carboxylic acids is 1. The van der Waals surface area contributed by atoms with Gasteiger partial charge in [0.25, 0.3) is 5.91 Å². The molecule has 0 aliphatic carbocycles. The Morgan fingerprint density at radius 1 is 1.13 bits per heavy atom. The van der Waals surface area contributed by atoms with Crippen LogP contribution in [0.4, 0.5) is 11.4 Å². The first-order valence-electron chi connectivity index (χ1n) is 6.80. The number of anilines is 2. The lowest BCUT2D eigenvalue weighted by Gasteiger charge is -2.19. The predicted octanol–water partition coefficient (Wildman–Crippen LogP) is 3.30.